The van der Waals surface area contributed by atoms with E-state index >= 15 is 0 Å². The molecule has 3 rings (SSSR count). The van der Waals surface area contributed by atoms with E-state index in [1.807, 2.05) is 19.1 Å². The number of guanidine groups is 1. The lowest BCUT2D eigenvalue weighted by atomic mass is 9.64. The van der Waals surface area contributed by atoms with Gasteiger partial charge in [0.15, 0.2) is 15.8 Å². The lowest BCUT2D eigenvalue weighted by Crippen LogP contribution is -2.57. The minimum atomic E-state index is -3.09. The van der Waals surface area contributed by atoms with Gasteiger partial charge in [0.25, 0.3) is 0 Å². The molecule has 1 N–H and O–H groups in total. The highest BCUT2D eigenvalue weighted by Gasteiger charge is 2.42. The lowest BCUT2D eigenvalue weighted by molar-refractivity contribution is 0.251. The van der Waals surface area contributed by atoms with Gasteiger partial charge in [-0.05, 0) is 51.3 Å². The van der Waals surface area contributed by atoms with Crippen LogP contribution in [0.15, 0.2) is 29.3 Å². The second-order valence-electron chi connectivity index (χ2n) is 8.31. The van der Waals surface area contributed by atoms with Crippen molar-refractivity contribution in [1.82, 2.24) is 10.2 Å². The summed E-state index contributed by atoms with van der Waals surface area (Å²) in [6.07, 6.45) is 3.24. The number of hydrogen-bond acceptors (Lipinski definition) is 3. The number of hydrogen-bond donors (Lipinski definition) is 1. The van der Waals surface area contributed by atoms with Crippen LogP contribution in [0.3, 0.4) is 0 Å². The summed E-state index contributed by atoms with van der Waals surface area (Å²) in [7, 11) is -3.09. The highest BCUT2D eigenvalue weighted by Crippen LogP contribution is 2.44. The number of rotatable bonds is 4. The van der Waals surface area contributed by atoms with Gasteiger partial charge in [0.2, 0.25) is 0 Å². The molecule has 27 heavy (non-hydrogen) atoms. The first-order valence-corrected chi connectivity index (χ1v) is 11.4. The quantitative estimate of drug-likeness (QED) is 0.629. The van der Waals surface area contributed by atoms with Gasteiger partial charge in [-0.15, -0.1) is 0 Å². The molecule has 5 nitrogen and oxygen atoms in total. The Morgan fingerprint density at radius 2 is 1.93 bits per heavy atom. The maximum Gasteiger partial charge on any atom is 0.194 e. The fraction of sp³-hybridized carbons (Fsp3) is 0.650. The molecule has 1 heterocycles. The molecule has 2 aliphatic rings. The Balaban J connectivity index is 1.80. The van der Waals surface area contributed by atoms with Crippen LogP contribution in [0.5, 0.6) is 0 Å². The van der Waals surface area contributed by atoms with Gasteiger partial charge in [0, 0.05) is 25.0 Å². The molecule has 0 amide bonds. The SMILES string of the molecule is CCNC(=NCC1(c2ccc(F)cc2)CCC1)N1CCS(=O)(=O)C(C)(C)C1. The predicted octanol–water partition coefficient (Wildman–Crippen LogP) is 2.72. The van der Waals surface area contributed by atoms with Gasteiger partial charge in [-0.1, -0.05) is 18.6 Å². The van der Waals surface area contributed by atoms with E-state index in [0.29, 0.717) is 19.6 Å². The summed E-state index contributed by atoms with van der Waals surface area (Å²) in [6, 6.07) is 6.77. The van der Waals surface area contributed by atoms with Gasteiger partial charge < -0.3 is 10.2 Å². The third-order valence-electron chi connectivity index (χ3n) is 5.98. The molecule has 1 saturated carbocycles. The molecule has 0 aromatic heterocycles. The summed E-state index contributed by atoms with van der Waals surface area (Å²) in [6.45, 7) is 7.83. The molecule has 0 bridgehead atoms. The summed E-state index contributed by atoms with van der Waals surface area (Å²) in [4.78, 5) is 6.94. The molecule has 1 aromatic rings. The van der Waals surface area contributed by atoms with Crippen LogP contribution in [-0.2, 0) is 15.3 Å². The molecule has 0 radical (unpaired) electrons. The molecule has 1 aliphatic carbocycles. The van der Waals surface area contributed by atoms with Crippen molar-refractivity contribution in [3.8, 4) is 0 Å². The Bertz CT molecular complexity index is 799. The highest BCUT2D eigenvalue weighted by molar-refractivity contribution is 7.92. The Morgan fingerprint density at radius 1 is 1.26 bits per heavy atom. The van der Waals surface area contributed by atoms with Gasteiger partial charge >= 0.3 is 0 Å². The molecule has 7 heteroatoms. The van der Waals surface area contributed by atoms with E-state index in [-0.39, 0.29) is 17.0 Å². The van der Waals surface area contributed by atoms with Gasteiger partial charge in [0.1, 0.15) is 5.82 Å². The smallest absolute Gasteiger partial charge is 0.194 e. The first-order chi connectivity index (χ1) is 12.7. The Kier molecular flexibility index (Phi) is 5.52. The van der Waals surface area contributed by atoms with Crippen molar-refractivity contribution >= 4 is 15.8 Å². The van der Waals surface area contributed by atoms with Gasteiger partial charge in [-0.2, -0.15) is 0 Å². The summed E-state index contributed by atoms with van der Waals surface area (Å²) < 4.78 is 37.1. The fourth-order valence-electron chi connectivity index (χ4n) is 3.92. The van der Waals surface area contributed by atoms with E-state index in [0.717, 1.165) is 37.3 Å². The van der Waals surface area contributed by atoms with Gasteiger partial charge in [-0.3, -0.25) is 4.99 Å². The van der Waals surface area contributed by atoms with E-state index in [1.54, 1.807) is 13.8 Å². The minimum absolute atomic E-state index is 0.0360. The second kappa shape index (κ2) is 7.41. The minimum Gasteiger partial charge on any atom is -0.357 e. The zero-order valence-electron chi connectivity index (χ0n) is 16.5. The number of sulfone groups is 1. The maximum atomic E-state index is 13.3. The summed E-state index contributed by atoms with van der Waals surface area (Å²) in [5, 5.41) is 3.32. The fourth-order valence-corrected chi connectivity index (χ4v) is 5.29. The molecule has 0 unspecified atom stereocenters. The number of aliphatic imine (C=N–C) groups is 1. The average Bonchev–Trinajstić information content (AvgIpc) is 2.57. The maximum absolute atomic E-state index is 13.3. The molecule has 1 aromatic carbocycles. The van der Waals surface area contributed by atoms with Gasteiger partial charge in [-0.25, -0.2) is 12.8 Å². The molecule has 150 valence electrons. The number of benzene rings is 1. The van der Waals surface area contributed by atoms with Crippen LogP contribution in [0.25, 0.3) is 0 Å². The second-order valence-corrected chi connectivity index (χ2v) is 11.1. The molecular formula is C20H30FN3O2S. The van der Waals surface area contributed by atoms with Crippen molar-refractivity contribution in [1.29, 1.82) is 0 Å². The van der Waals surface area contributed by atoms with Crippen molar-refractivity contribution in [3.63, 3.8) is 0 Å². The van der Waals surface area contributed by atoms with E-state index in [4.69, 9.17) is 4.99 Å². The van der Waals surface area contributed by atoms with Crippen molar-refractivity contribution in [2.24, 2.45) is 4.99 Å². The van der Waals surface area contributed by atoms with Crippen LogP contribution in [0.2, 0.25) is 0 Å². The summed E-state index contributed by atoms with van der Waals surface area (Å²) in [5.41, 5.74) is 1.10. The molecule has 0 spiro atoms. The average molecular weight is 396 g/mol. The monoisotopic (exact) mass is 395 g/mol. The topological polar surface area (TPSA) is 61.8 Å². The highest BCUT2D eigenvalue weighted by atomic mass is 32.2. The molecular weight excluding hydrogens is 365 g/mol. The van der Waals surface area contributed by atoms with Crippen molar-refractivity contribution in [2.45, 2.75) is 50.2 Å². The van der Waals surface area contributed by atoms with Crippen LogP contribution in [0, 0.1) is 5.82 Å². The standard InChI is InChI=1S/C20H30FN3O2S/c1-4-22-18(24-12-13-27(25,26)19(2,3)15-24)23-14-20(10-5-11-20)16-6-8-17(21)9-7-16/h6-9H,4-5,10-15H2,1-3H3,(H,22,23). The third kappa shape index (κ3) is 3.98. The van der Waals surface area contributed by atoms with Crippen LogP contribution in [0.1, 0.15) is 45.6 Å². The first-order valence-electron chi connectivity index (χ1n) is 9.71. The van der Waals surface area contributed by atoms with E-state index in [9.17, 15) is 12.8 Å². The normalized spacial score (nSPS) is 23.6. The summed E-state index contributed by atoms with van der Waals surface area (Å²) >= 11 is 0. The molecule has 1 aliphatic heterocycles. The zero-order valence-corrected chi connectivity index (χ0v) is 17.3. The largest absolute Gasteiger partial charge is 0.357 e. The van der Waals surface area contributed by atoms with Crippen LogP contribution >= 0.6 is 0 Å². The number of nitrogens with one attached hydrogen (secondary N) is 1. The van der Waals surface area contributed by atoms with Crippen LogP contribution < -0.4 is 5.32 Å². The Hall–Kier alpha value is -1.63. The molecule has 0 atom stereocenters. The van der Waals surface area contributed by atoms with E-state index in [1.165, 1.54) is 12.1 Å². The molecule has 1 saturated heterocycles. The van der Waals surface area contributed by atoms with Crippen molar-refractivity contribution in [3.05, 3.63) is 35.6 Å². The van der Waals surface area contributed by atoms with Crippen molar-refractivity contribution in [2.75, 3.05) is 31.9 Å². The van der Waals surface area contributed by atoms with Crippen LogP contribution in [0.4, 0.5) is 4.39 Å². The van der Waals surface area contributed by atoms with Crippen molar-refractivity contribution < 1.29 is 12.8 Å². The van der Waals surface area contributed by atoms with E-state index in [2.05, 4.69) is 10.2 Å². The lowest BCUT2D eigenvalue weighted by Gasteiger charge is -2.43. The first kappa shape index (κ1) is 20.1. The molecule has 2 fully saturated rings. The van der Waals surface area contributed by atoms with E-state index < -0.39 is 14.6 Å². The van der Waals surface area contributed by atoms with Gasteiger partial charge in [0.05, 0.1) is 17.0 Å². The summed E-state index contributed by atoms with van der Waals surface area (Å²) in [5.74, 6) is 0.698. The third-order valence-corrected chi connectivity index (χ3v) is 8.51. The Morgan fingerprint density at radius 3 is 2.44 bits per heavy atom. The zero-order chi connectivity index (χ0) is 19.7. The number of nitrogens with zero attached hydrogens (tertiary/aromatic N) is 2. The van der Waals surface area contributed by atoms with Crippen LogP contribution in [-0.4, -0.2) is 56.0 Å². The predicted molar refractivity (Wildman–Crippen MR) is 107 cm³/mol. The number of halogens is 1. The Labute approximate surface area is 162 Å².